The van der Waals surface area contributed by atoms with Crippen molar-refractivity contribution in [3.8, 4) is 0 Å². The van der Waals surface area contributed by atoms with E-state index in [0.717, 1.165) is 17.5 Å². The van der Waals surface area contributed by atoms with Crippen molar-refractivity contribution in [3.63, 3.8) is 0 Å². The van der Waals surface area contributed by atoms with Gasteiger partial charge in [0.05, 0.1) is 17.4 Å². The lowest BCUT2D eigenvalue weighted by Crippen LogP contribution is -2.41. The molecule has 1 aliphatic carbocycles. The molecule has 0 saturated heterocycles. The predicted molar refractivity (Wildman–Crippen MR) is 83.9 cm³/mol. The smallest absolute Gasteiger partial charge is 0.222 e. The number of para-hydroxylation sites is 2. The number of amides is 1. The van der Waals surface area contributed by atoms with Crippen LogP contribution < -0.4 is 5.32 Å². The normalized spacial score (nSPS) is 22.3. The first-order valence-corrected chi connectivity index (χ1v) is 7.93. The third-order valence-electron chi connectivity index (χ3n) is 4.56. The summed E-state index contributed by atoms with van der Waals surface area (Å²) in [6.45, 7) is 2.93. The summed E-state index contributed by atoms with van der Waals surface area (Å²) in [7, 11) is 0. The van der Waals surface area contributed by atoms with Crippen LogP contribution in [0.1, 0.15) is 39.0 Å². The number of carbonyl (C=O) groups excluding carboxylic acids is 1. The van der Waals surface area contributed by atoms with E-state index in [1.54, 1.807) is 0 Å². The van der Waals surface area contributed by atoms with E-state index in [9.17, 15) is 4.79 Å². The van der Waals surface area contributed by atoms with E-state index >= 15 is 0 Å². The van der Waals surface area contributed by atoms with Gasteiger partial charge in [-0.05, 0) is 30.9 Å². The maximum absolute atomic E-state index is 12.1. The van der Waals surface area contributed by atoms with Crippen LogP contribution in [0.25, 0.3) is 11.0 Å². The number of nitrogens with zero attached hydrogens (tertiary/aromatic N) is 2. The van der Waals surface area contributed by atoms with Gasteiger partial charge < -0.3 is 9.88 Å². The predicted octanol–water partition coefficient (Wildman–Crippen LogP) is 3.12. The van der Waals surface area contributed by atoms with E-state index in [1.165, 1.54) is 19.3 Å². The number of carbonyl (C=O) groups is 1. The molecule has 21 heavy (non-hydrogen) atoms. The zero-order chi connectivity index (χ0) is 14.7. The number of aromatic nitrogens is 2. The Morgan fingerprint density at radius 3 is 3.00 bits per heavy atom. The van der Waals surface area contributed by atoms with Gasteiger partial charge in [-0.15, -0.1) is 0 Å². The van der Waals surface area contributed by atoms with Crippen LogP contribution in [0, 0.1) is 5.92 Å². The zero-order valence-electron chi connectivity index (χ0n) is 12.6. The molecule has 4 nitrogen and oxygen atoms in total. The highest BCUT2D eigenvalue weighted by molar-refractivity contribution is 5.77. The molecule has 1 saturated carbocycles. The third-order valence-corrected chi connectivity index (χ3v) is 4.56. The number of fused-ring (bicyclic) bond motifs is 1. The molecule has 0 spiro atoms. The van der Waals surface area contributed by atoms with Crippen molar-refractivity contribution in [2.75, 3.05) is 0 Å². The standard InChI is InChI=1S/C17H23N3O/c1-13-6-2-3-7-14(13)19-17(21)10-11-20-12-18-15-8-4-5-9-16(15)20/h4-5,8-9,12-14H,2-3,6-7,10-11H2,1H3,(H,19,21). The van der Waals surface area contributed by atoms with Crippen LogP contribution in [0.2, 0.25) is 0 Å². The summed E-state index contributed by atoms with van der Waals surface area (Å²) in [6.07, 6.45) is 7.23. The summed E-state index contributed by atoms with van der Waals surface area (Å²) >= 11 is 0. The van der Waals surface area contributed by atoms with E-state index < -0.39 is 0 Å². The highest BCUT2D eigenvalue weighted by Gasteiger charge is 2.22. The number of aryl methyl sites for hydroxylation is 1. The summed E-state index contributed by atoms with van der Waals surface area (Å²) in [6, 6.07) is 8.39. The monoisotopic (exact) mass is 285 g/mol. The zero-order valence-corrected chi connectivity index (χ0v) is 12.6. The van der Waals surface area contributed by atoms with Gasteiger partial charge in [-0.1, -0.05) is 31.9 Å². The number of rotatable bonds is 4. The molecule has 2 aromatic rings. The Kier molecular flexibility index (Phi) is 4.23. The van der Waals surface area contributed by atoms with Gasteiger partial charge in [0, 0.05) is 19.0 Å². The summed E-state index contributed by atoms with van der Waals surface area (Å²) < 4.78 is 2.05. The maximum Gasteiger partial charge on any atom is 0.222 e. The second-order valence-electron chi connectivity index (χ2n) is 6.11. The SMILES string of the molecule is CC1CCCCC1NC(=O)CCn1cnc2ccccc21. The fraction of sp³-hybridized carbons (Fsp3) is 0.529. The molecule has 0 radical (unpaired) electrons. The Labute approximate surface area is 125 Å². The highest BCUT2D eigenvalue weighted by atomic mass is 16.1. The molecule has 1 aliphatic rings. The molecule has 2 atom stereocenters. The van der Waals surface area contributed by atoms with Crippen molar-refractivity contribution in [2.24, 2.45) is 5.92 Å². The fourth-order valence-corrected chi connectivity index (χ4v) is 3.22. The number of benzene rings is 1. The minimum atomic E-state index is 0.159. The minimum absolute atomic E-state index is 0.159. The van der Waals surface area contributed by atoms with Gasteiger partial charge >= 0.3 is 0 Å². The molecule has 4 heteroatoms. The molecule has 0 bridgehead atoms. The van der Waals surface area contributed by atoms with Crippen LogP contribution in [0.5, 0.6) is 0 Å². The van der Waals surface area contributed by atoms with Crippen LogP contribution in [0.3, 0.4) is 0 Å². The average molecular weight is 285 g/mol. The molecular weight excluding hydrogens is 262 g/mol. The van der Waals surface area contributed by atoms with E-state index in [-0.39, 0.29) is 5.91 Å². The van der Waals surface area contributed by atoms with Crippen LogP contribution >= 0.6 is 0 Å². The number of hydrogen-bond acceptors (Lipinski definition) is 2. The highest BCUT2D eigenvalue weighted by Crippen LogP contribution is 2.23. The lowest BCUT2D eigenvalue weighted by molar-refractivity contribution is -0.122. The number of hydrogen-bond donors (Lipinski definition) is 1. The molecule has 2 unspecified atom stereocenters. The Morgan fingerprint density at radius 1 is 1.33 bits per heavy atom. The molecule has 1 aromatic heterocycles. The summed E-state index contributed by atoms with van der Waals surface area (Å²) in [4.78, 5) is 16.5. The summed E-state index contributed by atoms with van der Waals surface area (Å²) in [5.41, 5.74) is 2.08. The van der Waals surface area contributed by atoms with Crippen molar-refractivity contribution in [1.29, 1.82) is 0 Å². The van der Waals surface area contributed by atoms with E-state index in [0.29, 0.717) is 24.9 Å². The van der Waals surface area contributed by atoms with Crippen molar-refractivity contribution in [1.82, 2.24) is 14.9 Å². The molecule has 1 N–H and O–H groups in total. The van der Waals surface area contributed by atoms with Crippen LogP contribution in [0.15, 0.2) is 30.6 Å². The first-order chi connectivity index (χ1) is 10.2. The molecular formula is C17H23N3O. The quantitative estimate of drug-likeness (QED) is 0.938. The maximum atomic E-state index is 12.1. The van der Waals surface area contributed by atoms with E-state index in [2.05, 4.69) is 21.8 Å². The molecule has 3 rings (SSSR count). The van der Waals surface area contributed by atoms with Gasteiger partial charge in [-0.2, -0.15) is 0 Å². The lowest BCUT2D eigenvalue weighted by Gasteiger charge is -2.29. The molecule has 1 aromatic carbocycles. The Morgan fingerprint density at radius 2 is 2.14 bits per heavy atom. The van der Waals surface area contributed by atoms with Gasteiger partial charge in [-0.25, -0.2) is 4.98 Å². The molecule has 1 heterocycles. The van der Waals surface area contributed by atoms with Crippen molar-refractivity contribution in [3.05, 3.63) is 30.6 Å². The van der Waals surface area contributed by atoms with Crippen molar-refractivity contribution < 1.29 is 4.79 Å². The first kappa shape index (κ1) is 14.1. The Bertz CT molecular complexity index is 619. The van der Waals surface area contributed by atoms with Gasteiger partial charge in [0.2, 0.25) is 5.91 Å². The minimum Gasteiger partial charge on any atom is -0.353 e. The van der Waals surface area contributed by atoms with Crippen molar-refractivity contribution in [2.45, 2.75) is 51.6 Å². The summed E-state index contributed by atoms with van der Waals surface area (Å²) in [5, 5.41) is 3.21. The van der Waals surface area contributed by atoms with E-state index in [1.807, 2.05) is 30.6 Å². The van der Waals surface area contributed by atoms with Crippen LogP contribution in [-0.4, -0.2) is 21.5 Å². The van der Waals surface area contributed by atoms with E-state index in [4.69, 9.17) is 0 Å². The van der Waals surface area contributed by atoms with Gasteiger partial charge in [0.1, 0.15) is 0 Å². The molecule has 1 amide bonds. The van der Waals surface area contributed by atoms with Crippen molar-refractivity contribution >= 4 is 16.9 Å². The van der Waals surface area contributed by atoms with Gasteiger partial charge in [-0.3, -0.25) is 4.79 Å². The Hall–Kier alpha value is -1.84. The second kappa shape index (κ2) is 6.29. The fourth-order valence-electron chi connectivity index (χ4n) is 3.22. The van der Waals surface area contributed by atoms with Gasteiger partial charge in [0.15, 0.2) is 0 Å². The average Bonchev–Trinajstić information content (AvgIpc) is 2.91. The Balaban J connectivity index is 1.56. The first-order valence-electron chi connectivity index (χ1n) is 7.93. The second-order valence-corrected chi connectivity index (χ2v) is 6.11. The third kappa shape index (κ3) is 3.26. The molecule has 112 valence electrons. The molecule has 0 aliphatic heterocycles. The number of imidazole rings is 1. The van der Waals surface area contributed by atoms with Crippen LogP contribution in [0.4, 0.5) is 0 Å². The number of nitrogens with one attached hydrogen (secondary N) is 1. The lowest BCUT2D eigenvalue weighted by atomic mass is 9.86. The summed E-state index contributed by atoms with van der Waals surface area (Å²) in [5.74, 6) is 0.767. The molecule has 1 fully saturated rings. The largest absolute Gasteiger partial charge is 0.353 e. The van der Waals surface area contributed by atoms with Gasteiger partial charge in [0.25, 0.3) is 0 Å². The van der Waals surface area contributed by atoms with Crippen LogP contribution in [-0.2, 0) is 11.3 Å². The topological polar surface area (TPSA) is 46.9 Å².